The summed E-state index contributed by atoms with van der Waals surface area (Å²) in [6, 6.07) is 5.31. The van der Waals surface area contributed by atoms with Gasteiger partial charge in [-0.25, -0.2) is 4.79 Å². The summed E-state index contributed by atoms with van der Waals surface area (Å²) in [5.74, 6) is -0.409. The van der Waals surface area contributed by atoms with Crippen LogP contribution in [0.4, 0.5) is 5.69 Å². The normalized spacial score (nSPS) is 10.6. The van der Waals surface area contributed by atoms with E-state index in [1.165, 1.54) is 7.11 Å². The monoisotopic (exact) mass is 283 g/mol. The fourth-order valence-corrected chi connectivity index (χ4v) is 1.55. The summed E-state index contributed by atoms with van der Waals surface area (Å²) < 4.78 is 4.65. The number of hydrogen-bond donors (Lipinski definition) is 1. The number of carbonyl (C=O) groups excluding carboxylic acids is 1. The van der Waals surface area contributed by atoms with Crippen molar-refractivity contribution in [3.05, 3.63) is 35.4 Å². The minimum atomic E-state index is -0.409. The largest absolute Gasteiger partial charge is 0.465 e. The summed E-state index contributed by atoms with van der Waals surface area (Å²) in [7, 11) is 1.34. The number of halogens is 1. The lowest BCUT2D eigenvalue weighted by Crippen LogP contribution is -2.06. The van der Waals surface area contributed by atoms with Crippen LogP contribution in [0.3, 0.4) is 0 Å². The highest BCUT2D eigenvalue weighted by Crippen LogP contribution is 2.19. The average Bonchev–Trinajstić information content (AvgIpc) is 2.30. The summed E-state index contributed by atoms with van der Waals surface area (Å²) in [5, 5.41) is 0.903. The zero-order chi connectivity index (χ0) is 12.0. The molecule has 3 nitrogen and oxygen atoms in total. The van der Waals surface area contributed by atoms with Crippen LogP contribution in [0, 0.1) is 0 Å². The van der Waals surface area contributed by atoms with Gasteiger partial charge >= 0.3 is 5.97 Å². The maximum atomic E-state index is 11.4. The molecule has 0 fully saturated rings. The Kier molecular flexibility index (Phi) is 5.05. The van der Waals surface area contributed by atoms with Gasteiger partial charge in [0, 0.05) is 5.33 Å². The first-order valence-corrected chi connectivity index (χ1v) is 6.02. The summed E-state index contributed by atoms with van der Waals surface area (Å²) in [5.41, 5.74) is 7.58. The fraction of sp³-hybridized carbons (Fsp3) is 0.250. The first-order chi connectivity index (χ1) is 7.70. The number of nitrogens with two attached hydrogens (primary N) is 1. The molecule has 0 spiro atoms. The Morgan fingerprint density at radius 3 is 2.94 bits per heavy atom. The van der Waals surface area contributed by atoms with Crippen molar-refractivity contribution >= 4 is 33.7 Å². The van der Waals surface area contributed by atoms with Crippen LogP contribution in [-0.4, -0.2) is 18.4 Å². The van der Waals surface area contributed by atoms with E-state index in [-0.39, 0.29) is 0 Å². The van der Waals surface area contributed by atoms with E-state index in [0.717, 1.165) is 17.3 Å². The van der Waals surface area contributed by atoms with Crippen molar-refractivity contribution in [1.82, 2.24) is 0 Å². The van der Waals surface area contributed by atoms with Gasteiger partial charge < -0.3 is 10.5 Å². The number of alkyl halides is 1. The molecule has 16 heavy (non-hydrogen) atoms. The smallest absolute Gasteiger partial charge is 0.339 e. The standard InChI is InChI=1S/C12H14BrNO2/c1-16-12(15)10-7-4-6-9(11(10)14)5-2-3-8-13/h2,4-7H,3,8,14H2,1H3. The van der Waals surface area contributed by atoms with Crippen LogP contribution < -0.4 is 5.73 Å². The molecule has 0 radical (unpaired) electrons. The molecule has 0 unspecified atom stereocenters. The van der Waals surface area contributed by atoms with E-state index in [1.54, 1.807) is 12.1 Å². The SMILES string of the molecule is COC(=O)c1cccc(C=CCCBr)c1N. The van der Waals surface area contributed by atoms with Gasteiger partial charge in [0.1, 0.15) is 0 Å². The van der Waals surface area contributed by atoms with E-state index in [9.17, 15) is 4.79 Å². The number of carbonyl (C=O) groups is 1. The second-order valence-corrected chi connectivity index (χ2v) is 3.97. The topological polar surface area (TPSA) is 52.3 Å². The Hall–Kier alpha value is -1.29. The van der Waals surface area contributed by atoms with E-state index in [2.05, 4.69) is 20.7 Å². The van der Waals surface area contributed by atoms with Crippen molar-refractivity contribution < 1.29 is 9.53 Å². The lowest BCUT2D eigenvalue weighted by atomic mass is 10.1. The van der Waals surface area contributed by atoms with Crippen LogP contribution >= 0.6 is 15.9 Å². The molecule has 1 rings (SSSR count). The Morgan fingerprint density at radius 1 is 1.56 bits per heavy atom. The molecule has 0 atom stereocenters. The third-order valence-corrected chi connectivity index (χ3v) is 2.58. The Labute approximate surface area is 103 Å². The molecule has 86 valence electrons. The highest BCUT2D eigenvalue weighted by Gasteiger charge is 2.10. The van der Waals surface area contributed by atoms with Crippen LogP contribution in [0.5, 0.6) is 0 Å². The van der Waals surface area contributed by atoms with Gasteiger partial charge in [-0.1, -0.05) is 40.2 Å². The van der Waals surface area contributed by atoms with Crippen molar-refractivity contribution in [2.24, 2.45) is 0 Å². The molecule has 2 N–H and O–H groups in total. The molecule has 0 aromatic heterocycles. The van der Waals surface area contributed by atoms with Gasteiger partial charge in [0.05, 0.1) is 18.4 Å². The van der Waals surface area contributed by atoms with Crippen molar-refractivity contribution in [3.8, 4) is 0 Å². The molecule has 0 saturated carbocycles. The van der Waals surface area contributed by atoms with Gasteiger partial charge in [0.2, 0.25) is 0 Å². The number of methoxy groups -OCH3 is 1. The van der Waals surface area contributed by atoms with Crippen molar-refractivity contribution in [3.63, 3.8) is 0 Å². The lowest BCUT2D eigenvalue weighted by Gasteiger charge is -2.06. The van der Waals surface area contributed by atoms with Crippen LogP contribution in [0.15, 0.2) is 24.3 Å². The number of benzene rings is 1. The maximum absolute atomic E-state index is 11.4. The van der Waals surface area contributed by atoms with Crippen molar-refractivity contribution in [1.29, 1.82) is 0 Å². The summed E-state index contributed by atoms with van der Waals surface area (Å²) in [6.07, 6.45) is 4.83. The minimum Gasteiger partial charge on any atom is -0.465 e. The van der Waals surface area contributed by atoms with Gasteiger partial charge in [-0.2, -0.15) is 0 Å². The molecule has 0 aliphatic carbocycles. The zero-order valence-electron chi connectivity index (χ0n) is 9.07. The predicted octanol–water partition coefficient (Wildman–Crippen LogP) is 2.85. The number of para-hydroxylation sites is 1. The second kappa shape index (κ2) is 6.33. The average molecular weight is 284 g/mol. The first-order valence-electron chi connectivity index (χ1n) is 4.90. The molecule has 0 amide bonds. The van der Waals surface area contributed by atoms with Crippen LogP contribution in [0.25, 0.3) is 6.08 Å². The molecule has 1 aromatic rings. The van der Waals surface area contributed by atoms with Crippen LogP contribution in [0.1, 0.15) is 22.3 Å². The van der Waals surface area contributed by atoms with Gasteiger partial charge in [-0.05, 0) is 18.1 Å². The Balaban J connectivity index is 2.99. The number of ether oxygens (including phenoxy) is 1. The third-order valence-electron chi connectivity index (χ3n) is 2.12. The van der Waals surface area contributed by atoms with E-state index in [1.807, 2.05) is 18.2 Å². The number of rotatable bonds is 4. The molecule has 1 aromatic carbocycles. The summed E-state index contributed by atoms with van der Waals surface area (Å²) >= 11 is 3.33. The highest BCUT2D eigenvalue weighted by molar-refractivity contribution is 9.09. The van der Waals surface area contributed by atoms with Crippen molar-refractivity contribution in [2.75, 3.05) is 18.2 Å². The van der Waals surface area contributed by atoms with Crippen LogP contribution in [0.2, 0.25) is 0 Å². The number of allylic oxidation sites excluding steroid dienone is 1. The molecule has 0 aliphatic heterocycles. The fourth-order valence-electron chi connectivity index (χ4n) is 1.29. The maximum Gasteiger partial charge on any atom is 0.339 e. The second-order valence-electron chi connectivity index (χ2n) is 3.18. The quantitative estimate of drug-likeness (QED) is 0.525. The molecule has 0 saturated heterocycles. The number of hydrogen-bond acceptors (Lipinski definition) is 3. The van der Waals surface area contributed by atoms with Crippen LogP contribution in [-0.2, 0) is 4.74 Å². The van der Waals surface area contributed by atoms with E-state index >= 15 is 0 Å². The summed E-state index contributed by atoms with van der Waals surface area (Å²) in [6.45, 7) is 0. The molecule has 0 bridgehead atoms. The van der Waals surface area contributed by atoms with Gasteiger partial charge in [-0.3, -0.25) is 0 Å². The van der Waals surface area contributed by atoms with E-state index in [4.69, 9.17) is 5.73 Å². The highest BCUT2D eigenvalue weighted by atomic mass is 79.9. The Morgan fingerprint density at radius 2 is 2.31 bits per heavy atom. The first kappa shape index (κ1) is 12.8. The predicted molar refractivity (Wildman–Crippen MR) is 69.6 cm³/mol. The van der Waals surface area contributed by atoms with Gasteiger partial charge in [0.25, 0.3) is 0 Å². The molecule has 4 heteroatoms. The lowest BCUT2D eigenvalue weighted by molar-refractivity contribution is 0.0602. The summed E-state index contributed by atoms with van der Waals surface area (Å²) in [4.78, 5) is 11.4. The minimum absolute atomic E-state index is 0.406. The molecule has 0 aliphatic rings. The van der Waals surface area contributed by atoms with Crippen molar-refractivity contribution in [2.45, 2.75) is 6.42 Å². The zero-order valence-corrected chi connectivity index (χ0v) is 10.7. The molecular formula is C12H14BrNO2. The number of nitrogen functional groups attached to an aromatic ring is 1. The molecule has 0 heterocycles. The van der Waals surface area contributed by atoms with Gasteiger partial charge in [-0.15, -0.1) is 0 Å². The third kappa shape index (κ3) is 3.10. The number of esters is 1. The van der Waals surface area contributed by atoms with E-state index < -0.39 is 5.97 Å². The van der Waals surface area contributed by atoms with E-state index in [0.29, 0.717) is 11.3 Å². The number of anilines is 1. The Bertz CT molecular complexity index is 402. The molecular weight excluding hydrogens is 270 g/mol. The van der Waals surface area contributed by atoms with Gasteiger partial charge in [0.15, 0.2) is 0 Å².